The predicted molar refractivity (Wildman–Crippen MR) is 73.5 cm³/mol. The van der Waals surface area contributed by atoms with Crippen molar-refractivity contribution in [2.45, 2.75) is 45.1 Å². The van der Waals surface area contributed by atoms with Crippen molar-refractivity contribution in [2.24, 2.45) is 5.73 Å². The van der Waals surface area contributed by atoms with Crippen molar-refractivity contribution in [3.05, 3.63) is 35.4 Å². The van der Waals surface area contributed by atoms with E-state index in [1.807, 2.05) is 0 Å². The zero-order valence-electron chi connectivity index (χ0n) is 11.5. The Hall–Kier alpha value is -1.35. The van der Waals surface area contributed by atoms with Gasteiger partial charge in [-0.05, 0) is 36.3 Å². The van der Waals surface area contributed by atoms with Gasteiger partial charge in [0.1, 0.15) is 6.04 Å². The third-order valence-electron chi connectivity index (χ3n) is 3.13. The summed E-state index contributed by atoms with van der Waals surface area (Å²) in [5.41, 5.74) is 8.32. The van der Waals surface area contributed by atoms with Gasteiger partial charge in [0.2, 0.25) is 0 Å². The Bertz CT molecular complexity index is 371. The van der Waals surface area contributed by atoms with Crippen LogP contribution in [0.1, 0.15) is 43.7 Å². The molecule has 0 radical (unpaired) electrons. The number of methoxy groups -OCH3 is 1. The Morgan fingerprint density at radius 1 is 1.28 bits per heavy atom. The van der Waals surface area contributed by atoms with Crippen molar-refractivity contribution < 1.29 is 9.53 Å². The number of benzene rings is 1. The number of carbonyl (C=O) groups is 1. The highest BCUT2D eigenvalue weighted by Crippen LogP contribution is 2.15. The van der Waals surface area contributed by atoms with Gasteiger partial charge in [-0.25, -0.2) is 0 Å². The lowest BCUT2D eigenvalue weighted by atomic mass is 9.99. The lowest BCUT2D eigenvalue weighted by Crippen LogP contribution is -2.31. The molecule has 0 saturated carbocycles. The van der Waals surface area contributed by atoms with Gasteiger partial charge in [-0.3, -0.25) is 4.79 Å². The SMILES string of the molecule is COC(=O)C(N)CCCc1ccc(C(C)C)cc1. The highest BCUT2D eigenvalue weighted by molar-refractivity contribution is 5.75. The van der Waals surface area contributed by atoms with Crippen LogP contribution in [0, 0.1) is 0 Å². The lowest BCUT2D eigenvalue weighted by Gasteiger charge is -2.09. The molecule has 2 N–H and O–H groups in total. The van der Waals surface area contributed by atoms with Crippen LogP contribution in [0.25, 0.3) is 0 Å². The number of rotatable bonds is 6. The molecule has 0 aliphatic carbocycles. The minimum Gasteiger partial charge on any atom is -0.468 e. The second kappa shape index (κ2) is 7.17. The summed E-state index contributed by atoms with van der Waals surface area (Å²) in [7, 11) is 1.37. The number of ether oxygens (including phenoxy) is 1. The number of nitrogens with two attached hydrogens (primary N) is 1. The van der Waals surface area contributed by atoms with Gasteiger partial charge in [0.25, 0.3) is 0 Å². The molecular formula is C15H23NO2. The van der Waals surface area contributed by atoms with Crippen LogP contribution in [-0.4, -0.2) is 19.1 Å². The Balaban J connectivity index is 2.38. The van der Waals surface area contributed by atoms with E-state index in [9.17, 15) is 4.79 Å². The van der Waals surface area contributed by atoms with Gasteiger partial charge in [0, 0.05) is 0 Å². The summed E-state index contributed by atoms with van der Waals surface area (Å²) in [6.45, 7) is 4.37. The van der Waals surface area contributed by atoms with Crippen molar-refractivity contribution in [1.82, 2.24) is 0 Å². The highest BCUT2D eigenvalue weighted by Gasteiger charge is 2.12. The summed E-state index contributed by atoms with van der Waals surface area (Å²) in [4.78, 5) is 11.1. The third kappa shape index (κ3) is 4.49. The van der Waals surface area contributed by atoms with E-state index in [1.165, 1.54) is 18.2 Å². The molecule has 3 nitrogen and oxygen atoms in total. The second-order valence-corrected chi connectivity index (χ2v) is 4.92. The molecule has 100 valence electrons. The average Bonchev–Trinajstić information content (AvgIpc) is 2.38. The monoisotopic (exact) mass is 249 g/mol. The van der Waals surface area contributed by atoms with Crippen molar-refractivity contribution >= 4 is 5.97 Å². The van der Waals surface area contributed by atoms with E-state index in [0.29, 0.717) is 12.3 Å². The van der Waals surface area contributed by atoms with Gasteiger partial charge in [0.15, 0.2) is 0 Å². The lowest BCUT2D eigenvalue weighted by molar-refractivity contribution is -0.142. The second-order valence-electron chi connectivity index (χ2n) is 4.92. The van der Waals surface area contributed by atoms with Crippen LogP contribution < -0.4 is 5.73 Å². The standard InChI is InChI=1S/C15H23NO2/c1-11(2)13-9-7-12(8-10-13)5-4-6-14(16)15(17)18-3/h7-11,14H,4-6,16H2,1-3H3. The van der Waals surface area contributed by atoms with E-state index in [1.54, 1.807) is 0 Å². The van der Waals surface area contributed by atoms with Crippen LogP contribution in [0.15, 0.2) is 24.3 Å². The zero-order valence-corrected chi connectivity index (χ0v) is 11.5. The van der Waals surface area contributed by atoms with E-state index in [-0.39, 0.29) is 5.97 Å². The summed E-state index contributed by atoms with van der Waals surface area (Å²) in [6, 6.07) is 8.14. The summed E-state index contributed by atoms with van der Waals surface area (Å²) >= 11 is 0. The molecule has 1 rings (SSSR count). The Morgan fingerprint density at radius 2 is 1.89 bits per heavy atom. The normalized spacial score (nSPS) is 12.5. The summed E-state index contributed by atoms with van der Waals surface area (Å²) in [5.74, 6) is 0.233. The Morgan fingerprint density at radius 3 is 2.39 bits per heavy atom. The van der Waals surface area contributed by atoms with Crippen LogP contribution in [0.3, 0.4) is 0 Å². The molecule has 0 saturated heterocycles. The molecule has 1 aromatic carbocycles. The maximum Gasteiger partial charge on any atom is 0.322 e. The van der Waals surface area contributed by atoms with E-state index < -0.39 is 6.04 Å². The van der Waals surface area contributed by atoms with Gasteiger partial charge >= 0.3 is 5.97 Å². The average molecular weight is 249 g/mol. The number of hydrogen-bond donors (Lipinski definition) is 1. The molecule has 0 aliphatic rings. The molecule has 0 fully saturated rings. The molecule has 0 amide bonds. The van der Waals surface area contributed by atoms with E-state index in [4.69, 9.17) is 5.73 Å². The van der Waals surface area contributed by atoms with Gasteiger partial charge in [-0.1, -0.05) is 38.1 Å². The minimum absolute atomic E-state index is 0.329. The van der Waals surface area contributed by atoms with E-state index >= 15 is 0 Å². The number of carbonyl (C=O) groups excluding carboxylic acids is 1. The number of aryl methyl sites for hydroxylation is 1. The van der Waals surface area contributed by atoms with Gasteiger partial charge in [-0.15, -0.1) is 0 Å². The summed E-state index contributed by atoms with van der Waals surface area (Å²) in [5, 5.41) is 0. The predicted octanol–water partition coefficient (Wildman–Crippen LogP) is 2.63. The molecule has 1 unspecified atom stereocenters. The van der Waals surface area contributed by atoms with Crippen LogP contribution in [-0.2, 0) is 16.0 Å². The van der Waals surface area contributed by atoms with E-state index in [0.717, 1.165) is 12.8 Å². The third-order valence-corrected chi connectivity index (χ3v) is 3.13. The van der Waals surface area contributed by atoms with Crippen LogP contribution in [0.2, 0.25) is 0 Å². The molecule has 0 heterocycles. The molecule has 0 aromatic heterocycles. The largest absolute Gasteiger partial charge is 0.468 e. The van der Waals surface area contributed by atoms with Crippen molar-refractivity contribution in [2.75, 3.05) is 7.11 Å². The minimum atomic E-state index is -0.495. The first-order valence-electron chi connectivity index (χ1n) is 6.47. The van der Waals surface area contributed by atoms with Crippen molar-refractivity contribution in [1.29, 1.82) is 0 Å². The van der Waals surface area contributed by atoms with Gasteiger partial charge in [0.05, 0.1) is 7.11 Å². The summed E-state index contributed by atoms with van der Waals surface area (Å²) in [6.07, 6.45) is 2.51. The summed E-state index contributed by atoms with van der Waals surface area (Å²) < 4.78 is 4.59. The van der Waals surface area contributed by atoms with E-state index in [2.05, 4.69) is 42.8 Å². The van der Waals surface area contributed by atoms with Crippen LogP contribution >= 0.6 is 0 Å². The fourth-order valence-corrected chi connectivity index (χ4v) is 1.86. The first-order valence-corrected chi connectivity index (χ1v) is 6.47. The molecule has 0 aliphatic heterocycles. The van der Waals surface area contributed by atoms with Gasteiger partial charge < -0.3 is 10.5 Å². The number of hydrogen-bond acceptors (Lipinski definition) is 3. The smallest absolute Gasteiger partial charge is 0.322 e. The molecule has 0 spiro atoms. The molecule has 3 heteroatoms. The first kappa shape index (κ1) is 14.7. The quantitative estimate of drug-likeness (QED) is 0.788. The van der Waals surface area contributed by atoms with Crippen molar-refractivity contribution in [3.8, 4) is 0 Å². The maximum atomic E-state index is 11.1. The van der Waals surface area contributed by atoms with Crippen LogP contribution in [0.4, 0.5) is 0 Å². The fraction of sp³-hybridized carbons (Fsp3) is 0.533. The van der Waals surface area contributed by atoms with Crippen molar-refractivity contribution in [3.63, 3.8) is 0 Å². The first-order chi connectivity index (χ1) is 8.54. The molecule has 18 heavy (non-hydrogen) atoms. The molecule has 0 bridgehead atoms. The molecule has 1 aromatic rings. The molecular weight excluding hydrogens is 226 g/mol. The zero-order chi connectivity index (χ0) is 13.5. The maximum absolute atomic E-state index is 11.1. The topological polar surface area (TPSA) is 52.3 Å². The molecule has 1 atom stereocenters. The van der Waals surface area contributed by atoms with Gasteiger partial charge in [-0.2, -0.15) is 0 Å². The fourth-order valence-electron chi connectivity index (χ4n) is 1.86. The highest BCUT2D eigenvalue weighted by atomic mass is 16.5. The Kier molecular flexibility index (Phi) is 5.86. The van der Waals surface area contributed by atoms with Crippen LogP contribution in [0.5, 0.6) is 0 Å². The number of esters is 1. The Labute approximate surface area is 109 Å².